The molecule has 1 atom stereocenters. The first-order chi connectivity index (χ1) is 13.8. The predicted molar refractivity (Wildman–Crippen MR) is 99.8 cm³/mol. The molecule has 1 aromatic rings. The molecule has 7 nitrogen and oxygen atoms in total. The Morgan fingerprint density at radius 3 is 2.55 bits per heavy atom. The van der Waals surface area contributed by atoms with Crippen LogP contribution in [0.25, 0.3) is 0 Å². The number of anilines is 1. The van der Waals surface area contributed by atoms with Crippen LogP contribution in [-0.2, 0) is 4.79 Å². The van der Waals surface area contributed by atoms with Gasteiger partial charge >= 0.3 is 0 Å². The van der Waals surface area contributed by atoms with Crippen molar-refractivity contribution in [2.24, 2.45) is 17.1 Å². The lowest BCUT2D eigenvalue weighted by Gasteiger charge is -2.40. The molecule has 1 saturated carbocycles. The molecule has 2 N–H and O–H groups in total. The van der Waals surface area contributed by atoms with Crippen LogP contribution in [0.2, 0.25) is 0 Å². The molecule has 0 aromatic carbocycles. The van der Waals surface area contributed by atoms with Gasteiger partial charge in [-0.15, -0.1) is 0 Å². The molecule has 154 valence electrons. The minimum Gasteiger partial charge on any atom is -0.476 e. The molecule has 0 bridgehead atoms. The highest BCUT2D eigenvalue weighted by Gasteiger charge is 2.54. The zero-order valence-electron chi connectivity index (χ0n) is 15.8. The van der Waals surface area contributed by atoms with Gasteiger partial charge in [0.1, 0.15) is 17.4 Å². The summed E-state index contributed by atoms with van der Waals surface area (Å²) in [5.74, 6) is -3.05. The number of hydrogen-bond donors (Lipinski definition) is 1. The second-order valence-corrected chi connectivity index (χ2v) is 8.49. The van der Waals surface area contributed by atoms with Crippen LogP contribution in [0, 0.1) is 11.3 Å². The van der Waals surface area contributed by atoms with E-state index in [1.54, 1.807) is 6.07 Å². The number of hydrogen-bond acceptors (Lipinski definition) is 5. The molecule has 1 aromatic heterocycles. The first-order valence-corrected chi connectivity index (χ1v) is 9.85. The van der Waals surface area contributed by atoms with E-state index in [4.69, 9.17) is 10.5 Å². The van der Waals surface area contributed by atoms with Crippen molar-refractivity contribution in [1.82, 2.24) is 9.88 Å². The molecule has 9 heteroatoms. The van der Waals surface area contributed by atoms with Gasteiger partial charge in [0.2, 0.25) is 11.8 Å². The number of alkyl halides is 2. The van der Waals surface area contributed by atoms with E-state index in [0.717, 1.165) is 12.8 Å². The van der Waals surface area contributed by atoms with Gasteiger partial charge in [0.25, 0.3) is 11.8 Å². The van der Waals surface area contributed by atoms with Crippen LogP contribution >= 0.6 is 0 Å². The second-order valence-electron chi connectivity index (χ2n) is 8.49. The van der Waals surface area contributed by atoms with Crippen molar-refractivity contribution in [2.45, 2.75) is 31.2 Å². The molecule has 2 aliphatic heterocycles. The number of carbonyl (C=O) groups is 2. The Kier molecular flexibility index (Phi) is 3.88. The van der Waals surface area contributed by atoms with Gasteiger partial charge in [0.15, 0.2) is 0 Å². The molecule has 0 unspecified atom stereocenters. The fourth-order valence-corrected chi connectivity index (χ4v) is 4.17. The van der Waals surface area contributed by atoms with Crippen molar-refractivity contribution in [3.63, 3.8) is 0 Å². The van der Waals surface area contributed by atoms with E-state index >= 15 is 0 Å². The maximum Gasteiger partial charge on any atom is 0.282 e. The van der Waals surface area contributed by atoms with Crippen LogP contribution in [0.1, 0.15) is 29.8 Å². The normalized spacial score (nSPS) is 25.8. The Bertz CT molecular complexity index is 901. The predicted octanol–water partition coefficient (Wildman–Crippen LogP) is 1.58. The minimum atomic E-state index is -2.72. The maximum atomic E-state index is 13.3. The fraction of sp³-hybridized carbons (Fsp3) is 0.550. The number of nitrogens with zero attached hydrogens (tertiary/aromatic N) is 3. The van der Waals surface area contributed by atoms with Crippen LogP contribution in [0.3, 0.4) is 0 Å². The quantitative estimate of drug-likeness (QED) is 0.728. The highest BCUT2D eigenvalue weighted by molar-refractivity contribution is 5.97. The number of primary amides is 1. The Labute approximate surface area is 166 Å². The van der Waals surface area contributed by atoms with Gasteiger partial charge in [-0.05, 0) is 37.3 Å². The van der Waals surface area contributed by atoms with Gasteiger partial charge < -0.3 is 20.3 Å². The third-order valence-electron chi connectivity index (χ3n) is 6.13. The standard InChI is InChI=1S/C20H22F2N4O3/c21-20(22)10-25(11-20)14-4-3-13(24-17(14)29-9-12-1-2-12)18(28)26-8-7-19(5-6-19)15(26)16(23)27/h3-6,12,15H,1-2,7-11H2,(H2,23,27)/t15-/m0/s1. The zero-order valence-corrected chi connectivity index (χ0v) is 15.8. The number of carbonyl (C=O) groups excluding carboxylic acids is 2. The summed E-state index contributed by atoms with van der Waals surface area (Å²) < 4.78 is 32.4. The maximum absolute atomic E-state index is 13.3. The summed E-state index contributed by atoms with van der Waals surface area (Å²) in [5, 5.41) is 0. The van der Waals surface area contributed by atoms with Gasteiger partial charge in [-0.25, -0.2) is 13.8 Å². The van der Waals surface area contributed by atoms with Crippen LogP contribution in [0.15, 0.2) is 24.3 Å². The van der Waals surface area contributed by atoms with Crippen molar-refractivity contribution in [2.75, 3.05) is 31.1 Å². The Hall–Kier alpha value is -2.71. The van der Waals surface area contributed by atoms with Gasteiger partial charge in [0.05, 0.1) is 19.7 Å². The summed E-state index contributed by atoms with van der Waals surface area (Å²) in [4.78, 5) is 32.4. The molecule has 29 heavy (non-hydrogen) atoms. The van der Waals surface area contributed by atoms with Crippen LogP contribution in [-0.4, -0.2) is 59.9 Å². The van der Waals surface area contributed by atoms with Crippen molar-refractivity contribution >= 4 is 17.5 Å². The van der Waals surface area contributed by atoms with Gasteiger partial charge in [0, 0.05) is 12.0 Å². The first-order valence-electron chi connectivity index (χ1n) is 9.85. The third-order valence-corrected chi connectivity index (χ3v) is 6.13. The number of pyridine rings is 1. The van der Waals surface area contributed by atoms with Crippen LogP contribution < -0.4 is 15.4 Å². The molecular formula is C20H22F2N4O3. The Morgan fingerprint density at radius 1 is 1.24 bits per heavy atom. The summed E-state index contributed by atoms with van der Waals surface area (Å²) >= 11 is 0. The van der Waals surface area contributed by atoms with E-state index < -0.39 is 42.3 Å². The average Bonchev–Trinajstić information content (AvgIpc) is 3.55. The van der Waals surface area contributed by atoms with E-state index in [0.29, 0.717) is 31.2 Å². The molecular weight excluding hydrogens is 382 g/mol. The Balaban J connectivity index is 1.40. The Morgan fingerprint density at radius 2 is 1.97 bits per heavy atom. The van der Waals surface area contributed by atoms with Crippen LogP contribution in [0.5, 0.6) is 5.88 Å². The highest BCUT2D eigenvalue weighted by atomic mass is 19.3. The first kappa shape index (κ1) is 18.3. The molecule has 3 fully saturated rings. The SMILES string of the molecule is NC(=O)[C@@H]1N(C(=O)c2ccc(N3CC(F)(F)C3)c(OCC3CC3)n2)CCC12C=C2. The number of halogens is 2. The lowest BCUT2D eigenvalue weighted by atomic mass is 9.94. The fourth-order valence-electron chi connectivity index (χ4n) is 4.17. The summed E-state index contributed by atoms with van der Waals surface area (Å²) in [6.45, 7) is 0.0552. The lowest BCUT2D eigenvalue weighted by Crippen LogP contribution is -2.56. The number of nitrogens with two attached hydrogens (primary N) is 1. The largest absolute Gasteiger partial charge is 0.476 e. The number of ether oxygens (including phenoxy) is 1. The van der Waals surface area contributed by atoms with E-state index in [1.165, 1.54) is 15.9 Å². The monoisotopic (exact) mass is 404 g/mol. The lowest BCUT2D eigenvalue weighted by molar-refractivity contribution is -0.122. The van der Waals surface area contributed by atoms with E-state index in [-0.39, 0.29) is 11.6 Å². The van der Waals surface area contributed by atoms with Crippen LogP contribution in [0.4, 0.5) is 14.5 Å². The molecule has 3 heterocycles. The van der Waals surface area contributed by atoms with E-state index in [1.807, 2.05) is 12.2 Å². The van der Waals surface area contributed by atoms with Gasteiger partial charge in [-0.3, -0.25) is 9.59 Å². The average molecular weight is 404 g/mol. The molecule has 2 saturated heterocycles. The number of aromatic nitrogens is 1. The number of rotatable bonds is 6. The highest BCUT2D eigenvalue weighted by Crippen LogP contribution is 2.49. The van der Waals surface area contributed by atoms with Gasteiger partial charge in [-0.2, -0.15) is 0 Å². The number of likely N-dealkylation sites (tertiary alicyclic amines) is 1. The van der Waals surface area contributed by atoms with E-state index in [9.17, 15) is 18.4 Å². The topological polar surface area (TPSA) is 88.8 Å². The van der Waals surface area contributed by atoms with Crippen molar-refractivity contribution < 1.29 is 23.1 Å². The molecule has 1 spiro atoms. The van der Waals surface area contributed by atoms with Gasteiger partial charge in [-0.1, -0.05) is 12.2 Å². The molecule has 5 rings (SSSR count). The van der Waals surface area contributed by atoms with E-state index in [2.05, 4.69) is 4.98 Å². The number of amides is 2. The third kappa shape index (κ3) is 3.22. The molecule has 4 aliphatic rings. The smallest absolute Gasteiger partial charge is 0.282 e. The summed E-state index contributed by atoms with van der Waals surface area (Å²) in [7, 11) is 0. The zero-order chi connectivity index (χ0) is 20.4. The van der Waals surface area contributed by atoms with Crippen molar-refractivity contribution in [1.29, 1.82) is 0 Å². The van der Waals surface area contributed by atoms with Crippen molar-refractivity contribution in [3.8, 4) is 5.88 Å². The summed E-state index contributed by atoms with van der Waals surface area (Å²) in [6.07, 6.45) is 6.59. The minimum absolute atomic E-state index is 0.121. The molecule has 0 radical (unpaired) electrons. The molecule has 2 amide bonds. The summed E-state index contributed by atoms with van der Waals surface area (Å²) in [5.41, 5.74) is 5.72. The summed E-state index contributed by atoms with van der Waals surface area (Å²) in [6, 6.07) is 2.38. The molecule has 2 aliphatic carbocycles. The van der Waals surface area contributed by atoms with Crippen molar-refractivity contribution in [3.05, 3.63) is 30.0 Å². The second kappa shape index (κ2) is 6.14.